The van der Waals surface area contributed by atoms with E-state index in [1.54, 1.807) is 30.3 Å². The third-order valence-electron chi connectivity index (χ3n) is 4.19. The molecule has 0 saturated carbocycles. The number of imide groups is 1. The number of nitrogens with zero attached hydrogens (tertiary/aromatic N) is 1. The molecule has 0 unspecified atom stereocenters. The van der Waals surface area contributed by atoms with Crippen molar-refractivity contribution in [1.82, 2.24) is 10.2 Å². The molecule has 1 saturated heterocycles. The topological polar surface area (TPSA) is 87.7 Å². The second-order valence-corrected chi connectivity index (χ2v) is 6.16. The molecule has 0 radical (unpaired) electrons. The third-order valence-corrected chi connectivity index (χ3v) is 4.19. The first-order valence-corrected chi connectivity index (χ1v) is 8.51. The molecule has 2 N–H and O–H groups in total. The number of halogens is 3. The zero-order valence-corrected chi connectivity index (χ0v) is 14.9. The average Bonchev–Trinajstić information content (AvgIpc) is 2.99. The molecule has 2 aromatic rings. The van der Waals surface area contributed by atoms with Crippen molar-refractivity contribution in [2.75, 3.05) is 18.5 Å². The normalized spacial score (nSPS) is 15.1. The lowest BCUT2D eigenvalue weighted by molar-refractivity contribution is -0.137. The van der Waals surface area contributed by atoms with Gasteiger partial charge in [-0.1, -0.05) is 42.5 Å². The number of hydrogen-bond acceptors (Lipinski definition) is 4. The van der Waals surface area contributed by atoms with Crippen molar-refractivity contribution in [1.29, 1.82) is 0 Å². The molecule has 152 valence electrons. The number of carbonyl (C=O) groups excluding carboxylic acids is 3. The van der Waals surface area contributed by atoms with Gasteiger partial charge in [-0.05, 0) is 17.7 Å². The number of anilines is 1. The highest BCUT2D eigenvalue weighted by atomic mass is 19.4. The van der Waals surface area contributed by atoms with Gasteiger partial charge in [0.1, 0.15) is 0 Å². The summed E-state index contributed by atoms with van der Waals surface area (Å²) >= 11 is 0. The molecule has 0 aliphatic carbocycles. The van der Waals surface area contributed by atoms with E-state index in [4.69, 9.17) is 0 Å². The summed E-state index contributed by atoms with van der Waals surface area (Å²) in [7, 11) is 0. The summed E-state index contributed by atoms with van der Waals surface area (Å²) in [5, 5.41) is 4.68. The van der Waals surface area contributed by atoms with Crippen LogP contribution in [0.1, 0.15) is 17.2 Å². The highest BCUT2D eigenvalue weighted by molar-refractivity contribution is 5.98. The Kier molecular flexibility index (Phi) is 5.71. The van der Waals surface area contributed by atoms with Crippen LogP contribution in [0.15, 0.2) is 54.6 Å². The standard InChI is InChI=1S/C19H16F3N3O4/c20-19(21,22)13-8-4-5-9-14(13)23-17(27)24-15(12-6-2-1-3-7-12)10-25-16(26)11-29-18(25)28/h1-9,15H,10-11H2,(H2,23,24,27)/t15-/m0/s1. The quantitative estimate of drug-likeness (QED) is 0.794. The molecule has 2 aromatic carbocycles. The Balaban J connectivity index is 1.79. The number of carbonyl (C=O) groups is 3. The molecule has 0 aromatic heterocycles. The van der Waals surface area contributed by atoms with E-state index in [1.165, 1.54) is 12.1 Å². The lowest BCUT2D eigenvalue weighted by Gasteiger charge is -2.23. The van der Waals surface area contributed by atoms with Crippen molar-refractivity contribution in [2.45, 2.75) is 12.2 Å². The Morgan fingerprint density at radius 1 is 1.07 bits per heavy atom. The van der Waals surface area contributed by atoms with Crippen LogP contribution in [-0.2, 0) is 15.7 Å². The number of nitrogens with one attached hydrogen (secondary N) is 2. The van der Waals surface area contributed by atoms with E-state index in [0.717, 1.165) is 17.0 Å². The van der Waals surface area contributed by atoms with E-state index >= 15 is 0 Å². The summed E-state index contributed by atoms with van der Waals surface area (Å²) in [5.41, 5.74) is -0.857. The van der Waals surface area contributed by atoms with Gasteiger partial charge in [-0.25, -0.2) is 14.5 Å². The van der Waals surface area contributed by atoms with Crippen molar-refractivity contribution in [3.8, 4) is 0 Å². The monoisotopic (exact) mass is 407 g/mol. The fourth-order valence-electron chi connectivity index (χ4n) is 2.82. The molecule has 10 heteroatoms. The molecule has 4 amide bonds. The van der Waals surface area contributed by atoms with Crippen molar-refractivity contribution < 1.29 is 32.3 Å². The summed E-state index contributed by atoms with van der Waals surface area (Å²) < 4.78 is 44.0. The minimum Gasteiger partial charge on any atom is -0.439 e. The largest absolute Gasteiger partial charge is 0.439 e. The smallest absolute Gasteiger partial charge is 0.418 e. The number of benzene rings is 2. The Labute approximate surface area is 163 Å². The van der Waals surface area contributed by atoms with E-state index in [-0.39, 0.29) is 6.54 Å². The van der Waals surface area contributed by atoms with Gasteiger partial charge in [0, 0.05) is 0 Å². The van der Waals surface area contributed by atoms with E-state index in [9.17, 15) is 27.6 Å². The van der Waals surface area contributed by atoms with Crippen LogP contribution in [0, 0.1) is 0 Å². The lowest BCUT2D eigenvalue weighted by Crippen LogP contribution is -2.42. The maximum atomic E-state index is 13.1. The van der Waals surface area contributed by atoms with E-state index < -0.39 is 48.1 Å². The lowest BCUT2D eigenvalue weighted by atomic mass is 10.1. The SMILES string of the molecule is O=C(Nc1ccccc1C(F)(F)F)N[C@@H](CN1C(=O)COC1=O)c1ccccc1. The number of ether oxygens (including phenoxy) is 1. The molecule has 1 atom stereocenters. The molecule has 1 fully saturated rings. The molecule has 1 aliphatic heterocycles. The predicted molar refractivity (Wildman–Crippen MR) is 95.8 cm³/mol. The van der Waals surface area contributed by atoms with Gasteiger partial charge in [0.2, 0.25) is 0 Å². The van der Waals surface area contributed by atoms with Crippen molar-refractivity contribution in [2.24, 2.45) is 0 Å². The molecule has 1 aliphatic rings. The first kappa shape index (κ1) is 20.2. The molecule has 0 spiro atoms. The van der Waals surface area contributed by atoms with Gasteiger partial charge in [-0.15, -0.1) is 0 Å². The molecular formula is C19H16F3N3O4. The van der Waals surface area contributed by atoms with Crippen molar-refractivity contribution in [3.63, 3.8) is 0 Å². The van der Waals surface area contributed by atoms with Gasteiger partial charge >= 0.3 is 18.3 Å². The summed E-state index contributed by atoms with van der Waals surface area (Å²) in [4.78, 5) is 36.8. The van der Waals surface area contributed by atoms with Gasteiger partial charge in [-0.2, -0.15) is 13.2 Å². The Morgan fingerprint density at radius 2 is 1.72 bits per heavy atom. The van der Waals surface area contributed by atoms with Gasteiger partial charge in [0.25, 0.3) is 5.91 Å². The Hall–Kier alpha value is -3.56. The zero-order chi connectivity index (χ0) is 21.0. The number of hydrogen-bond donors (Lipinski definition) is 2. The molecule has 1 heterocycles. The highest BCUT2D eigenvalue weighted by Gasteiger charge is 2.35. The Bertz CT molecular complexity index is 902. The molecule has 29 heavy (non-hydrogen) atoms. The number of amides is 4. The maximum absolute atomic E-state index is 13.1. The third kappa shape index (κ3) is 4.84. The van der Waals surface area contributed by atoms with Crippen LogP contribution in [0.4, 0.5) is 28.4 Å². The molecule has 3 rings (SSSR count). The summed E-state index contributed by atoms with van der Waals surface area (Å²) in [6, 6.07) is 11.2. The van der Waals surface area contributed by atoms with Crippen LogP contribution in [-0.4, -0.2) is 36.1 Å². The zero-order valence-electron chi connectivity index (χ0n) is 14.9. The van der Waals surface area contributed by atoms with E-state index in [1.807, 2.05) is 0 Å². The summed E-state index contributed by atoms with van der Waals surface area (Å²) in [6.07, 6.45) is -5.49. The van der Waals surface area contributed by atoms with Gasteiger partial charge in [0.05, 0.1) is 23.8 Å². The van der Waals surface area contributed by atoms with Crippen LogP contribution in [0.2, 0.25) is 0 Å². The van der Waals surface area contributed by atoms with Crippen LogP contribution >= 0.6 is 0 Å². The predicted octanol–water partition coefficient (Wildman–Crippen LogP) is 3.55. The number of rotatable bonds is 5. The fourth-order valence-corrected chi connectivity index (χ4v) is 2.82. The van der Waals surface area contributed by atoms with Crippen molar-refractivity contribution in [3.05, 3.63) is 65.7 Å². The second kappa shape index (κ2) is 8.21. The second-order valence-electron chi connectivity index (χ2n) is 6.16. The number of urea groups is 1. The Morgan fingerprint density at radius 3 is 2.34 bits per heavy atom. The van der Waals surface area contributed by atoms with Gasteiger partial charge in [0.15, 0.2) is 6.61 Å². The minimum absolute atomic E-state index is 0.226. The molecular weight excluding hydrogens is 391 g/mol. The van der Waals surface area contributed by atoms with Gasteiger partial charge in [-0.3, -0.25) is 4.79 Å². The van der Waals surface area contributed by atoms with E-state index in [2.05, 4.69) is 15.4 Å². The van der Waals surface area contributed by atoms with Crippen LogP contribution in [0.25, 0.3) is 0 Å². The van der Waals surface area contributed by atoms with Crippen LogP contribution in [0.3, 0.4) is 0 Å². The number of cyclic esters (lactones) is 1. The highest BCUT2D eigenvalue weighted by Crippen LogP contribution is 2.34. The fraction of sp³-hybridized carbons (Fsp3) is 0.211. The first-order chi connectivity index (χ1) is 13.8. The summed E-state index contributed by atoms with van der Waals surface area (Å²) in [5.74, 6) is -0.569. The number of alkyl halides is 3. The first-order valence-electron chi connectivity index (χ1n) is 8.51. The average molecular weight is 407 g/mol. The van der Waals surface area contributed by atoms with E-state index in [0.29, 0.717) is 5.56 Å². The molecule has 0 bridgehead atoms. The van der Waals surface area contributed by atoms with Gasteiger partial charge < -0.3 is 15.4 Å². The van der Waals surface area contributed by atoms with Crippen LogP contribution in [0.5, 0.6) is 0 Å². The van der Waals surface area contributed by atoms with Crippen LogP contribution < -0.4 is 10.6 Å². The van der Waals surface area contributed by atoms with Crippen molar-refractivity contribution >= 4 is 23.7 Å². The summed E-state index contributed by atoms with van der Waals surface area (Å²) in [6.45, 7) is -0.623. The minimum atomic E-state index is -4.64. The maximum Gasteiger partial charge on any atom is 0.418 e. The number of para-hydroxylation sites is 1. The molecule has 7 nitrogen and oxygen atoms in total.